The monoisotopic (exact) mass is 524 g/mol. The molecule has 0 spiro atoms. The smallest absolute Gasteiger partial charge is 0.434 e. The molecule has 0 radical (unpaired) electrons. The molecule has 5 aromatic rings. The van der Waals surface area contributed by atoms with Gasteiger partial charge in [-0.1, -0.05) is 12.1 Å². The molecule has 1 aromatic carbocycles. The number of ether oxygens (including phenoxy) is 1. The number of alkyl halides is 3. The molecule has 9 nitrogen and oxygen atoms in total. The van der Waals surface area contributed by atoms with Gasteiger partial charge in [-0.3, -0.25) is 0 Å². The Balaban J connectivity index is 1.40. The lowest BCUT2D eigenvalue weighted by atomic mass is 10.1. The number of rotatable bonds is 6. The van der Waals surface area contributed by atoms with Crippen molar-refractivity contribution in [2.45, 2.75) is 31.4 Å². The van der Waals surface area contributed by atoms with Gasteiger partial charge < -0.3 is 9.30 Å². The highest BCUT2D eigenvalue weighted by molar-refractivity contribution is 5.79. The molecule has 1 fully saturated rings. The molecule has 13 heteroatoms. The average Bonchev–Trinajstić information content (AvgIpc) is 3.58. The first kappa shape index (κ1) is 23.9. The van der Waals surface area contributed by atoms with Crippen LogP contribution in [0.15, 0.2) is 43.2 Å². The maximum Gasteiger partial charge on any atom is 0.434 e. The molecule has 4 aromatic heterocycles. The second kappa shape index (κ2) is 8.85. The number of fused-ring (bicyclic) bond motifs is 1. The second-order valence-corrected chi connectivity index (χ2v) is 9.05. The van der Waals surface area contributed by atoms with Gasteiger partial charge in [0, 0.05) is 31.1 Å². The summed E-state index contributed by atoms with van der Waals surface area (Å²) in [6, 6.07) is 4.22. The molecule has 38 heavy (non-hydrogen) atoms. The van der Waals surface area contributed by atoms with E-state index in [0.29, 0.717) is 33.9 Å². The maximum absolute atomic E-state index is 15.3. The average molecular weight is 524 g/mol. The number of aryl methyl sites for hydroxylation is 1. The summed E-state index contributed by atoms with van der Waals surface area (Å²) in [7, 11) is 2.95. The number of methoxy groups -OCH3 is 1. The summed E-state index contributed by atoms with van der Waals surface area (Å²) in [6.45, 7) is 0. The van der Waals surface area contributed by atoms with Gasteiger partial charge in [0.1, 0.15) is 41.0 Å². The quantitative estimate of drug-likeness (QED) is 0.299. The molecule has 0 amide bonds. The Labute approximate surface area is 213 Å². The van der Waals surface area contributed by atoms with Crippen molar-refractivity contribution in [3.8, 4) is 23.0 Å². The summed E-state index contributed by atoms with van der Waals surface area (Å²) in [5.41, 5.74) is 2.47. The van der Waals surface area contributed by atoms with Crippen LogP contribution in [0.4, 0.5) is 17.6 Å². The topological polar surface area (TPSA) is 96.4 Å². The van der Waals surface area contributed by atoms with Crippen molar-refractivity contribution in [2.24, 2.45) is 7.05 Å². The first-order valence-electron chi connectivity index (χ1n) is 11.7. The van der Waals surface area contributed by atoms with Crippen molar-refractivity contribution in [1.29, 1.82) is 0 Å². The number of aromatic nitrogens is 8. The minimum absolute atomic E-state index is 0.00835. The number of hydrogen-bond acceptors (Lipinski definition) is 7. The van der Waals surface area contributed by atoms with Crippen LogP contribution in [-0.2, 0) is 19.6 Å². The molecule has 0 bridgehead atoms. The first-order chi connectivity index (χ1) is 18.2. The summed E-state index contributed by atoms with van der Waals surface area (Å²) in [5.74, 6) is 0.0258. The first-order valence-corrected chi connectivity index (χ1v) is 11.7. The van der Waals surface area contributed by atoms with E-state index in [4.69, 9.17) is 9.84 Å². The Hall–Kier alpha value is -4.42. The molecule has 6 rings (SSSR count). The number of benzene rings is 1. The fourth-order valence-electron chi connectivity index (χ4n) is 4.47. The van der Waals surface area contributed by atoms with Gasteiger partial charge in [-0.25, -0.2) is 29.0 Å². The van der Waals surface area contributed by atoms with E-state index < -0.39 is 17.7 Å². The molecule has 4 heterocycles. The fourth-order valence-corrected chi connectivity index (χ4v) is 4.47. The van der Waals surface area contributed by atoms with Crippen LogP contribution in [0.3, 0.4) is 0 Å². The third-order valence-corrected chi connectivity index (χ3v) is 6.44. The van der Waals surface area contributed by atoms with E-state index in [0.717, 1.165) is 24.7 Å². The van der Waals surface area contributed by atoms with Crippen molar-refractivity contribution in [2.75, 3.05) is 7.11 Å². The SMILES string of the molecule is COc1ncnc(C2CC2)c1-n1nc(Cc2ccc(-c3nc(C(F)(F)F)cn3C)cc2F)c2ncncc21. The molecule has 0 aliphatic heterocycles. The summed E-state index contributed by atoms with van der Waals surface area (Å²) in [4.78, 5) is 20.9. The summed E-state index contributed by atoms with van der Waals surface area (Å²) < 4.78 is 62.8. The highest BCUT2D eigenvalue weighted by Crippen LogP contribution is 2.44. The highest BCUT2D eigenvalue weighted by atomic mass is 19.4. The van der Waals surface area contributed by atoms with E-state index in [9.17, 15) is 13.2 Å². The van der Waals surface area contributed by atoms with Crippen LogP contribution < -0.4 is 4.74 Å². The van der Waals surface area contributed by atoms with Crippen molar-refractivity contribution < 1.29 is 22.3 Å². The lowest BCUT2D eigenvalue weighted by Gasteiger charge is -2.12. The zero-order valence-corrected chi connectivity index (χ0v) is 20.2. The normalized spacial score (nSPS) is 13.8. The predicted molar refractivity (Wildman–Crippen MR) is 127 cm³/mol. The predicted octanol–water partition coefficient (Wildman–Crippen LogP) is 4.64. The van der Waals surface area contributed by atoms with E-state index in [1.54, 1.807) is 10.9 Å². The number of nitrogens with zero attached hydrogens (tertiary/aromatic N) is 8. The fraction of sp³-hybridized carbons (Fsp3) is 0.280. The van der Waals surface area contributed by atoms with Crippen molar-refractivity contribution in [3.63, 3.8) is 0 Å². The third kappa shape index (κ3) is 4.13. The van der Waals surface area contributed by atoms with Gasteiger partial charge in [0.15, 0.2) is 5.69 Å². The van der Waals surface area contributed by atoms with Crippen molar-refractivity contribution in [3.05, 3.63) is 71.7 Å². The van der Waals surface area contributed by atoms with Gasteiger partial charge in [-0.15, -0.1) is 0 Å². The number of imidazole rings is 1. The van der Waals surface area contributed by atoms with Crippen LogP contribution in [0, 0.1) is 5.82 Å². The van der Waals surface area contributed by atoms with Crippen LogP contribution in [-0.4, -0.2) is 46.4 Å². The van der Waals surface area contributed by atoms with Crippen molar-refractivity contribution in [1.82, 2.24) is 39.3 Å². The number of hydrogen-bond donors (Lipinski definition) is 0. The summed E-state index contributed by atoms with van der Waals surface area (Å²) in [6.07, 6.45) is 2.80. The highest BCUT2D eigenvalue weighted by Gasteiger charge is 2.35. The molecular formula is C25H20F4N8O. The molecule has 0 saturated heterocycles. The second-order valence-electron chi connectivity index (χ2n) is 9.05. The zero-order valence-electron chi connectivity index (χ0n) is 20.2. The van der Waals surface area contributed by atoms with E-state index in [-0.39, 0.29) is 23.7 Å². The molecule has 1 aliphatic carbocycles. The lowest BCUT2D eigenvalue weighted by Crippen LogP contribution is -2.08. The van der Waals surface area contributed by atoms with E-state index in [1.807, 2.05) is 0 Å². The Morgan fingerprint density at radius 2 is 1.92 bits per heavy atom. The minimum atomic E-state index is -4.60. The van der Waals surface area contributed by atoms with Crippen LogP contribution >= 0.6 is 0 Å². The lowest BCUT2D eigenvalue weighted by molar-refractivity contribution is -0.140. The Kier molecular flexibility index (Phi) is 5.58. The van der Waals surface area contributed by atoms with Gasteiger partial charge in [0.25, 0.3) is 0 Å². The van der Waals surface area contributed by atoms with Crippen LogP contribution in [0.25, 0.3) is 28.1 Å². The molecular weight excluding hydrogens is 504 g/mol. The van der Waals surface area contributed by atoms with Crippen LogP contribution in [0.1, 0.15) is 41.4 Å². The van der Waals surface area contributed by atoms with E-state index in [1.165, 1.54) is 49.6 Å². The summed E-state index contributed by atoms with van der Waals surface area (Å²) in [5, 5.41) is 4.75. The Bertz CT molecular complexity index is 1670. The molecule has 1 saturated carbocycles. The Morgan fingerprint density at radius 3 is 2.61 bits per heavy atom. The van der Waals surface area contributed by atoms with Gasteiger partial charge in [0.05, 0.1) is 24.7 Å². The molecule has 0 N–H and O–H groups in total. The molecule has 194 valence electrons. The molecule has 0 unspecified atom stereocenters. The van der Waals surface area contributed by atoms with E-state index in [2.05, 4.69) is 24.9 Å². The van der Waals surface area contributed by atoms with E-state index >= 15 is 4.39 Å². The number of halogens is 4. The largest absolute Gasteiger partial charge is 0.479 e. The van der Waals surface area contributed by atoms with Gasteiger partial charge in [0.2, 0.25) is 5.88 Å². The standard InChI is InChI=1S/C25H20F4N8O/c1-36-10-19(25(27,28)29)34-23(36)15-6-5-14(16(26)7-15)8-17-21-18(9-30-11-31-21)37(35-17)22-20(13-3-4-13)32-12-33-24(22)38-2/h5-7,9-13H,3-4,8H2,1-2H3. The molecule has 1 aliphatic rings. The van der Waals surface area contributed by atoms with Crippen LogP contribution in [0.5, 0.6) is 5.88 Å². The van der Waals surface area contributed by atoms with Crippen LogP contribution in [0.2, 0.25) is 0 Å². The zero-order chi connectivity index (χ0) is 26.6. The third-order valence-electron chi connectivity index (χ3n) is 6.44. The van der Waals surface area contributed by atoms with Crippen molar-refractivity contribution >= 4 is 11.0 Å². The van der Waals surface area contributed by atoms with Gasteiger partial charge >= 0.3 is 6.18 Å². The maximum atomic E-state index is 15.3. The summed E-state index contributed by atoms with van der Waals surface area (Å²) >= 11 is 0. The van der Waals surface area contributed by atoms with Gasteiger partial charge in [-0.2, -0.15) is 23.3 Å². The molecule has 0 atom stereocenters. The van der Waals surface area contributed by atoms with Gasteiger partial charge in [-0.05, 0) is 24.5 Å². The Morgan fingerprint density at radius 1 is 1.11 bits per heavy atom. The minimum Gasteiger partial charge on any atom is -0.479 e.